The van der Waals surface area contributed by atoms with Crippen molar-refractivity contribution in [1.82, 2.24) is 10.6 Å². The summed E-state index contributed by atoms with van der Waals surface area (Å²) in [4.78, 5) is 4.58. The number of halogens is 1. The topological polar surface area (TPSA) is 79.8 Å². The molecule has 1 aliphatic heterocycles. The first-order chi connectivity index (χ1) is 12.3. The van der Waals surface area contributed by atoms with Crippen LogP contribution in [0.4, 0.5) is 0 Å². The molecule has 0 amide bonds. The average molecular weight is 444 g/mol. The molecule has 0 radical (unpaired) electrons. The highest BCUT2D eigenvalue weighted by Gasteiger charge is 2.59. The number of guanidine groups is 1. The molecule has 6 nitrogen and oxygen atoms in total. The Morgan fingerprint density at radius 1 is 1.35 bits per heavy atom. The fourth-order valence-corrected chi connectivity index (χ4v) is 5.44. The summed E-state index contributed by atoms with van der Waals surface area (Å²) in [5.41, 5.74) is 0.0439. The van der Waals surface area contributed by atoms with Crippen LogP contribution < -0.4 is 10.6 Å². The minimum Gasteiger partial charge on any atom is -0.377 e. The summed E-state index contributed by atoms with van der Waals surface area (Å²) >= 11 is 3.32. The monoisotopic (exact) mass is 443 g/mol. The number of nitrogens with zero attached hydrogens (tertiary/aromatic N) is 1. The van der Waals surface area contributed by atoms with Gasteiger partial charge in [0.1, 0.15) is 0 Å². The molecular formula is C18H26BrN3O3S. The number of hydrogen-bond donors (Lipinski definition) is 2. The van der Waals surface area contributed by atoms with Crippen LogP contribution in [-0.4, -0.2) is 52.5 Å². The Labute approximate surface area is 163 Å². The van der Waals surface area contributed by atoms with Crippen LogP contribution in [0.2, 0.25) is 0 Å². The van der Waals surface area contributed by atoms with E-state index in [0.29, 0.717) is 29.4 Å². The highest BCUT2D eigenvalue weighted by molar-refractivity contribution is 9.10. The van der Waals surface area contributed by atoms with Crippen LogP contribution in [0.3, 0.4) is 0 Å². The van der Waals surface area contributed by atoms with Crippen molar-refractivity contribution in [3.8, 4) is 0 Å². The van der Waals surface area contributed by atoms with Crippen molar-refractivity contribution in [2.45, 2.75) is 37.3 Å². The van der Waals surface area contributed by atoms with Gasteiger partial charge in [0.25, 0.3) is 0 Å². The Balaban J connectivity index is 1.54. The summed E-state index contributed by atoms with van der Waals surface area (Å²) in [5, 5.41) is 6.59. The first kappa shape index (κ1) is 19.6. The summed E-state index contributed by atoms with van der Waals surface area (Å²) in [6.07, 6.45) is 1.36. The van der Waals surface area contributed by atoms with Crippen molar-refractivity contribution >= 4 is 31.7 Å². The lowest BCUT2D eigenvalue weighted by molar-refractivity contribution is -0.106. The fourth-order valence-electron chi connectivity index (χ4n) is 4.02. The van der Waals surface area contributed by atoms with E-state index in [2.05, 4.69) is 45.4 Å². The Morgan fingerprint density at radius 3 is 2.69 bits per heavy atom. The van der Waals surface area contributed by atoms with Gasteiger partial charge in [-0.25, -0.2) is 8.42 Å². The molecule has 0 bridgehead atoms. The molecule has 3 atom stereocenters. The molecule has 0 aromatic heterocycles. The van der Waals surface area contributed by atoms with Crippen molar-refractivity contribution in [3.05, 3.63) is 28.7 Å². The zero-order chi connectivity index (χ0) is 18.9. The highest BCUT2D eigenvalue weighted by Crippen LogP contribution is 2.52. The molecule has 8 heteroatoms. The predicted octanol–water partition coefficient (Wildman–Crippen LogP) is 2.20. The molecule has 2 N–H and O–H groups in total. The van der Waals surface area contributed by atoms with E-state index in [4.69, 9.17) is 4.74 Å². The molecule has 3 rings (SSSR count). The maximum absolute atomic E-state index is 12.4. The number of ether oxygens (including phenoxy) is 1. The zero-order valence-electron chi connectivity index (χ0n) is 15.3. The van der Waals surface area contributed by atoms with E-state index < -0.39 is 9.84 Å². The molecule has 2 fully saturated rings. The quantitative estimate of drug-likeness (QED) is 0.538. The third-order valence-electron chi connectivity index (χ3n) is 5.45. The molecule has 26 heavy (non-hydrogen) atoms. The van der Waals surface area contributed by atoms with E-state index in [1.807, 2.05) is 0 Å². The van der Waals surface area contributed by atoms with Crippen molar-refractivity contribution in [2.24, 2.45) is 16.3 Å². The van der Waals surface area contributed by atoms with Gasteiger partial charge >= 0.3 is 0 Å². The van der Waals surface area contributed by atoms with Crippen LogP contribution >= 0.6 is 15.9 Å². The lowest BCUT2D eigenvalue weighted by atomic mass is 9.57. The maximum atomic E-state index is 12.4. The summed E-state index contributed by atoms with van der Waals surface area (Å²) in [6.45, 7) is 5.51. The van der Waals surface area contributed by atoms with Crippen LogP contribution in [0.25, 0.3) is 0 Å². The molecule has 1 aliphatic carbocycles. The van der Waals surface area contributed by atoms with E-state index in [1.165, 1.54) is 0 Å². The summed E-state index contributed by atoms with van der Waals surface area (Å²) < 4.78 is 31.5. The second-order valence-electron chi connectivity index (χ2n) is 7.46. The predicted molar refractivity (Wildman–Crippen MR) is 106 cm³/mol. The lowest BCUT2D eigenvalue weighted by Crippen LogP contribution is -2.68. The lowest BCUT2D eigenvalue weighted by Gasteiger charge is -2.54. The van der Waals surface area contributed by atoms with Gasteiger partial charge in [0, 0.05) is 42.0 Å². The van der Waals surface area contributed by atoms with Gasteiger partial charge in [-0.2, -0.15) is 0 Å². The van der Waals surface area contributed by atoms with E-state index in [1.54, 1.807) is 31.3 Å². The Bertz CT molecular complexity index is 777. The van der Waals surface area contributed by atoms with Crippen LogP contribution in [0.15, 0.2) is 38.6 Å². The number of hydrogen-bond acceptors (Lipinski definition) is 4. The minimum absolute atomic E-state index is 0.0125. The van der Waals surface area contributed by atoms with Gasteiger partial charge in [-0.15, -0.1) is 0 Å². The molecule has 0 spiro atoms. The van der Waals surface area contributed by atoms with Crippen LogP contribution in [-0.2, 0) is 14.6 Å². The van der Waals surface area contributed by atoms with Crippen molar-refractivity contribution < 1.29 is 13.2 Å². The molecule has 1 aromatic carbocycles. The molecular weight excluding hydrogens is 418 g/mol. The number of aliphatic imine (C=N–C) groups is 1. The van der Waals surface area contributed by atoms with Gasteiger partial charge in [0.15, 0.2) is 15.8 Å². The molecule has 2 aliphatic rings. The van der Waals surface area contributed by atoms with E-state index in [9.17, 15) is 8.42 Å². The van der Waals surface area contributed by atoms with Crippen molar-refractivity contribution in [2.75, 3.05) is 26.0 Å². The van der Waals surface area contributed by atoms with E-state index in [0.717, 1.165) is 17.5 Å². The average Bonchev–Trinajstić information content (AvgIpc) is 3.05. The second-order valence-corrected chi connectivity index (χ2v) is 10.5. The minimum atomic E-state index is -3.32. The summed E-state index contributed by atoms with van der Waals surface area (Å²) in [6, 6.07) is 6.98. The molecule has 1 heterocycles. The van der Waals surface area contributed by atoms with Gasteiger partial charge in [-0.3, -0.25) is 4.99 Å². The van der Waals surface area contributed by atoms with Gasteiger partial charge in [-0.05, 0) is 30.7 Å². The van der Waals surface area contributed by atoms with E-state index >= 15 is 0 Å². The first-order valence-corrected chi connectivity index (χ1v) is 11.3. The van der Waals surface area contributed by atoms with Gasteiger partial charge in [0.2, 0.25) is 0 Å². The molecule has 1 saturated heterocycles. The number of benzene rings is 1. The normalized spacial score (nSPS) is 27.5. The maximum Gasteiger partial charge on any atom is 0.191 e. The first-order valence-electron chi connectivity index (χ1n) is 8.83. The summed E-state index contributed by atoms with van der Waals surface area (Å²) in [5.74, 6) is 1.15. The van der Waals surface area contributed by atoms with Crippen LogP contribution in [0.5, 0.6) is 0 Å². The molecule has 144 valence electrons. The van der Waals surface area contributed by atoms with Gasteiger partial charge in [0.05, 0.1) is 16.8 Å². The Morgan fingerprint density at radius 2 is 2.04 bits per heavy atom. The number of sulfone groups is 1. The number of rotatable bonds is 5. The smallest absolute Gasteiger partial charge is 0.191 e. The highest BCUT2D eigenvalue weighted by atomic mass is 79.9. The molecule has 1 saturated carbocycles. The number of nitrogens with one attached hydrogen (secondary N) is 2. The van der Waals surface area contributed by atoms with Crippen LogP contribution in [0, 0.1) is 11.3 Å². The fraction of sp³-hybridized carbons (Fsp3) is 0.611. The van der Waals surface area contributed by atoms with E-state index in [-0.39, 0.29) is 17.2 Å². The third-order valence-corrected chi connectivity index (χ3v) is 7.71. The second kappa shape index (κ2) is 7.48. The third kappa shape index (κ3) is 3.77. The zero-order valence-corrected chi connectivity index (χ0v) is 17.7. The SMILES string of the molecule is CN=C(NCCS(=O)(=O)c1ccc(Br)cc1)NC1C2CCOC2C1(C)C. The largest absolute Gasteiger partial charge is 0.377 e. The van der Waals surface area contributed by atoms with Crippen molar-refractivity contribution in [3.63, 3.8) is 0 Å². The van der Waals surface area contributed by atoms with Crippen LogP contribution in [0.1, 0.15) is 20.3 Å². The number of fused-ring (bicyclic) bond motifs is 1. The van der Waals surface area contributed by atoms with Gasteiger partial charge < -0.3 is 15.4 Å². The Kier molecular flexibility index (Phi) is 5.65. The molecule has 3 unspecified atom stereocenters. The Hall–Kier alpha value is -1.12. The van der Waals surface area contributed by atoms with Crippen molar-refractivity contribution in [1.29, 1.82) is 0 Å². The molecule has 1 aromatic rings. The standard InChI is InChI=1S/C18H26BrN3O3S/c1-18(2)15(14-8-10-25-16(14)18)22-17(20-3)21-9-11-26(23,24)13-6-4-12(19)5-7-13/h4-7,14-16H,8-11H2,1-3H3,(H2,20,21,22). The summed E-state index contributed by atoms with van der Waals surface area (Å²) in [7, 11) is -1.62. The van der Waals surface area contributed by atoms with Gasteiger partial charge in [-0.1, -0.05) is 29.8 Å².